The molecule has 0 spiro atoms. The van der Waals surface area contributed by atoms with Gasteiger partial charge in [-0.15, -0.1) is 0 Å². The molecule has 0 aliphatic carbocycles. The van der Waals surface area contributed by atoms with Crippen molar-refractivity contribution in [1.82, 2.24) is 24.9 Å². The molecule has 8 heteroatoms. The van der Waals surface area contributed by atoms with Crippen LogP contribution in [0, 0.1) is 0 Å². The zero-order chi connectivity index (χ0) is 18.5. The number of likely N-dealkylation sites (N-methyl/N-ethyl adjacent to an activating group) is 1. The number of ether oxygens (including phenoxy) is 1. The Morgan fingerprint density at radius 3 is 2.73 bits per heavy atom. The molecule has 0 aromatic carbocycles. The molecule has 3 heterocycles. The van der Waals surface area contributed by atoms with Gasteiger partial charge in [0.2, 0.25) is 11.8 Å². The molecule has 1 fully saturated rings. The lowest BCUT2D eigenvalue weighted by Crippen LogP contribution is -2.46. The average Bonchev–Trinajstić information content (AvgIpc) is 3.12. The first-order valence-electron chi connectivity index (χ1n) is 8.85. The van der Waals surface area contributed by atoms with Crippen molar-refractivity contribution in [3.63, 3.8) is 0 Å². The Bertz CT molecular complexity index is 713. The number of amides is 1. The third kappa shape index (κ3) is 4.25. The Hall–Kier alpha value is -2.32. The quantitative estimate of drug-likeness (QED) is 0.775. The highest BCUT2D eigenvalue weighted by Crippen LogP contribution is 2.24. The van der Waals surface area contributed by atoms with Gasteiger partial charge >= 0.3 is 0 Å². The predicted molar refractivity (Wildman–Crippen MR) is 94.2 cm³/mol. The van der Waals surface area contributed by atoms with Crippen LogP contribution in [0.5, 0.6) is 0 Å². The van der Waals surface area contributed by atoms with Gasteiger partial charge in [0.25, 0.3) is 0 Å². The van der Waals surface area contributed by atoms with Gasteiger partial charge in [0.05, 0.1) is 19.8 Å². The van der Waals surface area contributed by atoms with E-state index >= 15 is 0 Å². The molecule has 1 aliphatic rings. The maximum atomic E-state index is 13.2. The van der Waals surface area contributed by atoms with Gasteiger partial charge in [-0.2, -0.15) is 4.98 Å². The molecule has 8 nitrogen and oxygen atoms in total. The summed E-state index contributed by atoms with van der Waals surface area (Å²) in [6, 6.07) is 3.39. The number of carbonyl (C=O) groups is 1. The number of morpholine rings is 1. The van der Waals surface area contributed by atoms with Crippen LogP contribution in [0.15, 0.2) is 29.0 Å². The zero-order valence-corrected chi connectivity index (χ0v) is 15.5. The minimum Gasteiger partial charge on any atom is -0.379 e. The van der Waals surface area contributed by atoms with Gasteiger partial charge in [0.1, 0.15) is 6.04 Å². The van der Waals surface area contributed by atoms with E-state index in [1.165, 1.54) is 0 Å². The van der Waals surface area contributed by atoms with Crippen molar-refractivity contribution in [2.24, 2.45) is 0 Å². The lowest BCUT2D eigenvalue weighted by molar-refractivity contribution is -0.138. The molecule has 140 valence electrons. The molecule has 1 saturated heterocycles. The van der Waals surface area contributed by atoms with E-state index in [1.54, 1.807) is 24.3 Å². The molecule has 0 N–H and O–H groups in total. The Balaban J connectivity index is 1.77. The summed E-state index contributed by atoms with van der Waals surface area (Å²) in [4.78, 5) is 25.5. The van der Waals surface area contributed by atoms with E-state index in [9.17, 15) is 4.79 Å². The molecule has 3 rings (SSSR count). The van der Waals surface area contributed by atoms with Gasteiger partial charge in [-0.3, -0.25) is 14.7 Å². The Morgan fingerprint density at radius 1 is 1.35 bits per heavy atom. The summed E-state index contributed by atoms with van der Waals surface area (Å²) in [5, 5.41) is 3.98. The molecule has 2 aromatic heterocycles. The maximum Gasteiger partial charge on any atom is 0.244 e. The summed E-state index contributed by atoms with van der Waals surface area (Å²) in [6.07, 6.45) is 3.46. The van der Waals surface area contributed by atoms with Crippen molar-refractivity contribution in [2.45, 2.75) is 32.4 Å². The number of aromatic nitrogens is 3. The molecule has 0 unspecified atom stereocenters. The molecular formula is C18H25N5O3. The minimum atomic E-state index is -0.394. The van der Waals surface area contributed by atoms with Crippen molar-refractivity contribution >= 4 is 5.91 Å². The SMILES string of the molecule is CC(C)c1nc(CN(C)C(=O)[C@@H](c2cccnc2)N2CCOCC2)no1. The number of rotatable bonds is 6. The van der Waals surface area contributed by atoms with E-state index in [-0.39, 0.29) is 11.8 Å². The second-order valence-electron chi connectivity index (χ2n) is 6.74. The van der Waals surface area contributed by atoms with Gasteiger partial charge in [-0.1, -0.05) is 25.1 Å². The van der Waals surface area contributed by atoms with Crippen molar-refractivity contribution in [3.8, 4) is 0 Å². The molecule has 0 bridgehead atoms. The van der Waals surface area contributed by atoms with Crippen molar-refractivity contribution in [1.29, 1.82) is 0 Å². The minimum absolute atomic E-state index is 0.0178. The lowest BCUT2D eigenvalue weighted by atomic mass is 10.1. The van der Waals surface area contributed by atoms with E-state index in [1.807, 2.05) is 26.0 Å². The number of nitrogens with zero attached hydrogens (tertiary/aromatic N) is 5. The number of hydrogen-bond acceptors (Lipinski definition) is 7. The van der Waals surface area contributed by atoms with Gasteiger partial charge < -0.3 is 14.2 Å². The van der Waals surface area contributed by atoms with E-state index in [4.69, 9.17) is 9.26 Å². The fourth-order valence-corrected chi connectivity index (χ4v) is 2.95. The van der Waals surface area contributed by atoms with Crippen LogP contribution in [0.4, 0.5) is 0 Å². The van der Waals surface area contributed by atoms with Gasteiger partial charge in [0, 0.05) is 38.4 Å². The van der Waals surface area contributed by atoms with Crippen molar-refractivity contribution in [3.05, 3.63) is 41.8 Å². The second-order valence-corrected chi connectivity index (χ2v) is 6.74. The summed E-state index contributed by atoms with van der Waals surface area (Å²) in [6.45, 7) is 6.94. The summed E-state index contributed by atoms with van der Waals surface area (Å²) < 4.78 is 10.7. The van der Waals surface area contributed by atoms with Crippen LogP contribution in [-0.4, -0.2) is 64.2 Å². The van der Waals surface area contributed by atoms with E-state index in [0.717, 1.165) is 5.56 Å². The summed E-state index contributed by atoms with van der Waals surface area (Å²) >= 11 is 0. The summed E-state index contributed by atoms with van der Waals surface area (Å²) in [7, 11) is 1.76. The smallest absolute Gasteiger partial charge is 0.244 e. The normalized spacial score (nSPS) is 16.6. The first-order chi connectivity index (χ1) is 12.6. The highest BCUT2D eigenvalue weighted by Gasteiger charge is 2.31. The van der Waals surface area contributed by atoms with Crippen LogP contribution < -0.4 is 0 Å². The third-order valence-corrected chi connectivity index (χ3v) is 4.38. The molecule has 0 radical (unpaired) electrons. The van der Waals surface area contributed by atoms with Crippen molar-refractivity contribution in [2.75, 3.05) is 33.4 Å². The van der Waals surface area contributed by atoms with Crippen LogP contribution in [0.25, 0.3) is 0 Å². The van der Waals surface area contributed by atoms with Crippen LogP contribution in [0.3, 0.4) is 0 Å². The first-order valence-corrected chi connectivity index (χ1v) is 8.85. The third-order valence-electron chi connectivity index (χ3n) is 4.38. The summed E-state index contributed by atoms with van der Waals surface area (Å²) in [5.41, 5.74) is 0.877. The Kier molecular flexibility index (Phi) is 5.95. The monoisotopic (exact) mass is 359 g/mol. The zero-order valence-electron chi connectivity index (χ0n) is 15.5. The van der Waals surface area contributed by atoms with Crippen LogP contribution in [0.1, 0.15) is 43.1 Å². The summed E-state index contributed by atoms with van der Waals surface area (Å²) in [5.74, 6) is 1.24. The lowest BCUT2D eigenvalue weighted by Gasteiger charge is -2.35. The van der Waals surface area contributed by atoms with Gasteiger partial charge in [0.15, 0.2) is 5.82 Å². The van der Waals surface area contributed by atoms with E-state index in [2.05, 4.69) is 20.0 Å². The largest absolute Gasteiger partial charge is 0.379 e. The van der Waals surface area contributed by atoms with E-state index < -0.39 is 6.04 Å². The van der Waals surface area contributed by atoms with Crippen LogP contribution in [-0.2, 0) is 16.1 Å². The standard InChI is InChI=1S/C18H25N5O3/c1-13(2)17-20-15(21-26-17)12-22(3)18(24)16(14-5-4-6-19-11-14)23-7-9-25-10-8-23/h4-6,11,13,16H,7-10,12H2,1-3H3/t16-/m1/s1. The topological polar surface area (TPSA) is 84.6 Å². The number of hydrogen-bond donors (Lipinski definition) is 0. The van der Waals surface area contributed by atoms with Gasteiger partial charge in [-0.05, 0) is 11.6 Å². The number of pyridine rings is 1. The van der Waals surface area contributed by atoms with Crippen LogP contribution >= 0.6 is 0 Å². The predicted octanol–water partition coefficient (Wildman–Crippen LogP) is 1.62. The fourth-order valence-electron chi connectivity index (χ4n) is 2.95. The Morgan fingerprint density at radius 2 is 2.12 bits per heavy atom. The first kappa shape index (κ1) is 18.5. The van der Waals surface area contributed by atoms with E-state index in [0.29, 0.717) is 44.6 Å². The molecule has 2 aromatic rings. The van der Waals surface area contributed by atoms with Crippen molar-refractivity contribution < 1.29 is 14.1 Å². The van der Waals surface area contributed by atoms with Gasteiger partial charge in [-0.25, -0.2) is 0 Å². The second kappa shape index (κ2) is 8.37. The Labute approximate surface area is 153 Å². The molecule has 1 amide bonds. The highest BCUT2D eigenvalue weighted by atomic mass is 16.5. The highest BCUT2D eigenvalue weighted by molar-refractivity contribution is 5.83. The fraction of sp³-hybridized carbons (Fsp3) is 0.556. The molecular weight excluding hydrogens is 334 g/mol. The maximum absolute atomic E-state index is 13.2. The molecule has 1 atom stereocenters. The average molecular weight is 359 g/mol. The molecule has 26 heavy (non-hydrogen) atoms. The number of carbonyl (C=O) groups excluding carboxylic acids is 1. The molecule has 1 aliphatic heterocycles. The molecule has 0 saturated carbocycles. The van der Waals surface area contributed by atoms with Crippen LogP contribution in [0.2, 0.25) is 0 Å².